The van der Waals surface area contributed by atoms with E-state index < -0.39 is 17.7 Å². The first kappa shape index (κ1) is 20.5. The van der Waals surface area contributed by atoms with Crippen molar-refractivity contribution in [1.29, 1.82) is 0 Å². The summed E-state index contributed by atoms with van der Waals surface area (Å²) in [7, 11) is 0. The number of rotatable bonds is 4. The molecule has 1 aliphatic heterocycles. The number of carbonyl (C=O) groups excluding carboxylic acids is 3. The van der Waals surface area contributed by atoms with Crippen LogP contribution in [-0.2, 0) is 16.0 Å². The van der Waals surface area contributed by atoms with Gasteiger partial charge in [-0.05, 0) is 36.8 Å². The number of aryl methyl sites for hydroxylation is 1. The number of piperidine rings is 1. The molecule has 2 aromatic rings. The van der Waals surface area contributed by atoms with E-state index in [0.717, 1.165) is 18.4 Å². The van der Waals surface area contributed by atoms with Crippen LogP contribution in [0.5, 0.6) is 0 Å². The Kier molecular flexibility index (Phi) is 6.26. The summed E-state index contributed by atoms with van der Waals surface area (Å²) in [5.74, 6) is -1.64. The van der Waals surface area contributed by atoms with Gasteiger partial charge in [-0.1, -0.05) is 44.2 Å². The van der Waals surface area contributed by atoms with Gasteiger partial charge in [0, 0.05) is 6.54 Å². The predicted octanol–water partition coefficient (Wildman–Crippen LogP) is 2.68. The van der Waals surface area contributed by atoms with Crippen LogP contribution in [0.3, 0.4) is 0 Å². The Hall–Kier alpha value is -3.22. The Morgan fingerprint density at radius 2 is 1.93 bits per heavy atom. The third-order valence-corrected chi connectivity index (χ3v) is 5.29. The van der Waals surface area contributed by atoms with Crippen LogP contribution in [0.1, 0.15) is 54.3 Å². The molecule has 2 heterocycles. The Labute approximate surface area is 170 Å². The maximum absolute atomic E-state index is 13.0. The lowest BCUT2D eigenvalue weighted by atomic mass is 9.90. The number of hydrogen-bond acceptors (Lipinski definition) is 4. The summed E-state index contributed by atoms with van der Waals surface area (Å²) >= 11 is 0. The number of carbonyl (C=O) groups is 3. The molecule has 1 fully saturated rings. The summed E-state index contributed by atoms with van der Waals surface area (Å²) in [5, 5.41) is 2.57. The lowest BCUT2D eigenvalue weighted by Crippen LogP contribution is -2.46. The van der Waals surface area contributed by atoms with Gasteiger partial charge in [-0.2, -0.15) is 0 Å². The second-order valence-electron chi connectivity index (χ2n) is 7.46. The zero-order valence-electron chi connectivity index (χ0n) is 16.7. The van der Waals surface area contributed by atoms with E-state index in [1.165, 1.54) is 12.3 Å². The first-order chi connectivity index (χ1) is 13.9. The molecule has 3 rings (SSSR count). The van der Waals surface area contributed by atoms with Crippen LogP contribution in [0.2, 0.25) is 0 Å². The average Bonchev–Trinajstić information content (AvgIpc) is 2.73. The fourth-order valence-electron chi connectivity index (χ4n) is 3.77. The predicted molar refractivity (Wildman–Crippen MR) is 110 cm³/mol. The first-order valence-electron chi connectivity index (χ1n) is 9.86. The van der Waals surface area contributed by atoms with Gasteiger partial charge >= 0.3 is 11.8 Å². The molecule has 0 saturated carbocycles. The van der Waals surface area contributed by atoms with Crippen molar-refractivity contribution in [2.75, 3.05) is 11.9 Å². The molecule has 29 heavy (non-hydrogen) atoms. The van der Waals surface area contributed by atoms with Crippen LogP contribution in [0.25, 0.3) is 0 Å². The van der Waals surface area contributed by atoms with Crippen molar-refractivity contribution in [3.05, 3.63) is 59.4 Å². The molecule has 0 spiro atoms. The molecule has 152 valence electrons. The largest absolute Gasteiger partial charge is 0.366 e. The molecule has 2 atom stereocenters. The monoisotopic (exact) mass is 394 g/mol. The molecule has 0 bridgehead atoms. The van der Waals surface area contributed by atoms with E-state index in [0.29, 0.717) is 24.6 Å². The highest BCUT2D eigenvalue weighted by Gasteiger charge is 2.34. The molecule has 1 saturated heterocycles. The Bertz CT molecular complexity index is 914. The van der Waals surface area contributed by atoms with E-state index in [-0.39, 0.29) is 17.3 Å². The van der Waals surface area contributed by atoms with Gasteiger partial charge in [-0.25, -0.2) is 0 Å². The highest BCUT2D eigenvalue weighted by molar-refractivity contribution is 6.39. The van der Waals surface area contributed by atoms with Crippen molar-refractivity contribution in [2.24, 2.45) is 11.7 Å². The van der Waals surface area contributed by atoms with Gasteiger partial charge in [0.15, 0.2) is 0 Å². The molecular formula is C22H26N4O3. The fourth-order valence-corrected chi connectivity index (χ4v) is 3.77. The molecule has 0 unspecified atom stereocenters. The van der Waals surface area contributed by atoms with Crippen LogP contribution in [0, 0.1) is 5.92 Å². The third-order valence-electron chi connectivity index (χ3n) is 5.29. The standard InChI is InChI=1S/C22H26N4O3/c1-3-18-17(20(23)27)11-16(12-24-18)25-21(28)22(29)26-13-14(2)9-10-19(26)15-7-5-4-6-8-15/h4-8,11-12,14,19H,3,9-10,13H2,1-2H3,(H2,23,27)(H,25,28)/t14-,19+/m0/s1. The van der Waals surface area contributed by atoms with Crippen molar-refractivity contribution >= 4 is 23.4 Å². The topological polar surface area (TPSA) is 105 Å². The number of likely N-dealkylation sites (tertiary alicyclic amines) is 1. The molecule has 1 aliphatic rings. The van der Waals surface area contributed by atoms with E-state index in [4.69, 9.17) is 5.73 Å². The lowest BCUT2D eigenvalue weighted by molar-refractivity contribution is -0.146. The number of pyridine rings is 1. The Morgan fingerprint density at radius 3 is 2.59 bits per heavy atom. The summed E-state index contributed by atoms with van der Waals surface area (Å²) in [6.07, 6.45) is 3.78. The van der Waals surface area contributed by atoms with Gasteiger partial charge in [0.1, 0.15) is 0 Å². The van der Waals surface area contributed by atoms with Gasteiger partial charge in [0.05, 0.1) is 29.2 Å². The summed E-state index contributed by atoms with van der Waals surface area (Å²) in [4.78, 5) is 43.1. The van der Waals surface area contributed by atoms with Crippen LogP contribution >= 0.6 is 0 Å². The van der Waals surface area contributed by atoms with E-state index >= 15 is 0 Å². The van der Waals surface area contributed by atoms with Crippen molar-refractivity contribution in [2.45, 2.75) is 39.2 Å². The zero-order valence-corrected chi connectivity index (χ0v) is 16.7. The van der Waals surface area contributed by atoms with Crippen molar-refractivity contribution in [1.82, 2.24) is 9.88 Å². The Morgan fingerprint density at radius 1 is 1.21 bits per heavy atom. The minimum absolute atomic E-state index is 0.132. The molecule has 3 amide bonds. The summed E-state index contributed by atoms with van der Waals surface area (Å²) in [5.41, 5.74) is 7.48. The average molecular weight is 394 g/mol. The molecule has 3 N–H and O–H groups in total. The minimum atomic E-state index is -0.749. The zero-order chi connectivity index (χ0) is 21.0. The molecule has 7 nitrogen and oxygen atoms in total. The van der Waals surface area contributed by atoms with E-state index in [1.807, 2.05) is 37.3 Å². The normalized spacial score (nSPS) is 18.9. The number of nitrogens with two attached hydrogens (primary N) is 1. The number of benzene rings is 1. The molecule has 0 aliphatic carbocycles. The van der Waals surface area contributed by atoms with E-state index in [1.54, 1.807) is 4.90 Å². The van der Waals surface area contributed by atoms with Crippen molar-refractivity contribution < 1.29 is 14.4 Å². The quantitative estimate of drug-likeness (QED) is 0.778. The molecule has 1 aromatic carbocycles. The van der Waals surface area contributed by atoms with Gasteiger partial charge in [0.2, 0.25) is 0 Å². The molecule has 7 heteroatoms. The van der Waals surface area contributed by atoms with E-state index in [9.17, 15) is 14.4 Å². The second kappa shape index (κ2) is 8.86. The van der Waals surface area contributed by atoms with Crippen LogP contribution in [0.4, 0.5) is 5.69 Å². The number of hydrogen-bond donors (Lipinski definition) is 2. The van der Waals surface area contributed by atoms with Gasteiger partial charge in [0.25, 0.3) is 5.91 Å². The highest BCUT2D eigenvalue weighted by atomic mass is 16.2. The summed E-state index contributed by atoms with van der Waals surface area (Å²) in [6.45, 7) is 4.45. The van der Waals surface area contributed by atoms with Crippen molar-refractivity contribution in [3.63, 3.8) is 0 Å². The minimum Gasteiger partial charge on any atom is -0.366 e. The van der Waals surface area contributed by atoms with Crippen LogP contribution in [0.15, 0.2) is 42.6 Å². The molecule has 1 aromatic heterocycles. The summed E-state index contributed by atoms with van der Waals surface area (Å²) in [6, 6.07) is 11.1. The fraction of sp³-hybridized carbons (Fsp3) is 0.364. The maximum Gasteiger partial charge on any atom is 0.313 e. The smallest absolute Gasteiger partial charge is 0.313 e. The third kappa shape index (κ3) is 4.62. The maximum atomic E-state index is 13.0. The van der Waals surface area contributed by atoms with Gasteiger partial charge < -0.3 is 16.0 Å². The lowest BCUT2D eigenvalue weighted by Gasteiger charge is -2.38. The number of nitrogens with zero attached hydrogens (tertiary/aromatic N) is 2. The van der Waals surface area contributed by atoms with E-state index in [2.05, 4.69) is 17.2 Å². The summed E-state index contributed by atoms with van der Waals surface area (Å²) < 4.78 is 0. The molecular weight excluding hydrogens is 368 g/mol. The first-order valence-corrected chi connectivity index (χ1v) is 9.86. The number of aromatic nitrogens is 1. The SMILES string of the molecule is CCc1ncc(NC(=O)C(=O)N2C[C@@H](C)CC[C@@H]2c2ccccc2)cc1C(N)=O. The number of amides is 3. The number of nitrogens with one attached hydrogen (secondary N) is 1. The van der Waals surface area contributed by atoms with Gasteiger partial charge in [-0.15, -0.1) is 0 Å². The van der Waals surface area contributed by atoms with Crippen molar-refractivity contribution in [3.8, 4) is 0 Å². The Balaban J connectivity index is 1.80. The van der Waals surface area contributed by atoms with Crippen LogP contribution < -0.4 is 11.1 Å². The number of anilines is 1. The van der Waals surface area contributed by atoms with Crippen LogP contribution in [-0.4, -0.2) is 34.2 Å². The highest BCUT2D eigenvalue weighted by Crippen LogP contribution is 2.33. The number of primary amides is 1. The second-order valence-corrected chi connectivity index (χ2v) is 7.46. The van der Waals surface area contributed by atoms with Gasteiger partial charge in [-0.3, -0.25) is 19.4 Å². The molecule has 0 radical (unpaired) electrons.